The van der Waals surface area contributed by atoms with Gasteiger partial charge in [0.15, 0.2) is 10.9 Å². The second-order valence-electron chi connectivity index (χ2n) is 4.01. The Kier molecular flexibility index (Phi) is 4.73. The summed E-state index contributed by atoms with van der Waals surface area (Å²) >= 11 is 1.51. The molecule has 0 aliphatic rings. The van der Waals surface area contributed by atoms with Crippen molar-refractivity contribution >= 4 is 17.7 Å². The maximum Gasteiger partial charge on any atom is 0.354 e. The Labute approximate surface area is 99.5 Å². The quantitative estimate of drug-likeness (QED) is 0.633. The third kappa shape index (κ3) is 4.18. The highest BCUT2D eigenvalue weighted by molar-refractivity contribution is 7.99. The van der Waals surface area contributed by atoms with Crippen LogP contribution in [0.4, 0.5) is 0 Å². The average Bonchev–Trinajstić information content (AvgIpc) is 2.16. The van der Waals surface area contributed by atoms with Crippen LogP contribution < -0.4 is 0 Å². The molecule has 0 saturated carbocycles. The molecule has 0 spiro atoms. The summed E-state index contributed by atoms with van der Waals surface area (Å²) in [6, 6.07) is 1.48. The van der Waals surface area contributed by atoms with Crippen molar-refractivity contribution < 1.29 is 9.90 Å². The number of carboxylic acid groups (broad SMARTS) is 1. The highest BCUT2D eigenvalue weighted by Gasteiger charge is 2.08. The largest absolute Gasteiger partial charge is 0.477 e. The standard InChI is InChI=1S/C11H16N2O2S/c1-7(2)4-5-16-11-12-8(3)6-9(13-11)10(14)15/h6-7H,4-5H2,1-3H3,(H,14,15). The third-order valence-electron chi connectivity index (χ3n) is 1.98. The van der Waals surface area contributed by atoms with Crippen LogP contribution in [-0.4, -0.2) is 26.8 Å². The molecule has 1 heterocycles. The van der Waals surface area contributed by atoms with Crippen LogP contribution in [0.25, 0.3) is 0 Å². The van der Waals surface area contributed by atoms with Crippen molar-refractivity contribution in [2.45, 2.75) is 32.3 Å². The van der Waals surface area contributed by atoms with Crippen molar-refractivity contribution in [2.24, 2.45) is 5.92 Å². The maximum atomic E-state index is 10.8. The number of hydrogen-bond donors (Lipinski definition) is 1. The van der Waals surface area contributed by atoms with E-state index in [0.29, 0.717) is 16.8 Å². The number of rotatable bonds is 5. The van der Waals surface area contributed by atoms with Crippen LogP contribution in [0.2, 0.25) is 0 Å². The molecule has 0 fully saturated rings. The molecule has 0 aliphatic carbocycles. The Morgan fingerprint density at radius 1 is 1.50 bits per heavy atom. The van der Waals surface area contributed by atoms with E-state index < -0.39 is 5.97 Å². The summed E-state index contributed by atoms with van der Waals surface area (Å²) in [6.45, 7) is 6.08. The molecule has 1 aromatic rings. The molecule has 0 aromatic carbocycles. The zero-order chi connectivity index (χ0) is 12.1. The summed E-state index contributed by atoms with van der Waals surface area (Å²) < 4.78 is 0. The lowest BCUT2D eigenvalue weighted by Crippen LogP contribution is -2.04. The Balaban J connectivity index is 2.69. The molecule has 88 valence electrons. The molecule has 0 unspecified atom stereocenters. The number of aryl methyl sites for hydroxylation is 1. The van der Waals surface area contributed by atoms with Gasteiger partial charge in [0.05, 0.1) is 0 Å². The van der Waals surface area contributed by atoms with Crippen molar-refractivity contribution in [1.29, 1.82) is 0 Å². The molecule has 0 amide bonds. The molecule has 1 aromatic heterocycles. The molecule has 0 bridgehead atoms. The van der Waals surface area contributed by atoms with Gasteiger partial charge in [0.2, 0.25) is 0 Å². The first-order valence-corrected chi connectivity index (χ1v) is 6.19. The van der Waals surface area contributed by atoms with Crippen LogP contribution >= 0.6 is 11.8 Å². The van der Waals surface area contributed by atoms with Gasteiger partial charge in [0.1, 0.15) is 0 Å². The van der Waals surface area contributed by atoms with Crippen LogP contribution in [0.1, 0.15) is 36.5 Å². The van der Waals surface area contributed by atoms with Gasteiger partial charge in [-0.25, -0.2) is 14.8 Å². The first-order valence-electron chi connectivity index (χ1n) is 5.21. The zero-order valence-corrected chi connectivity index (χ0v) is 10.5. The Morgan fingerprint density at radius 2 is 2.19 bits per heavy atom. The minimum atomic E-state index is -1.00. The summed E-state index contributed by atoms with van der Waals surface area (Å²) in [4.78, 5) is 19.0. The SMILES string of the molecule is Cc1cc(C(=O)O)nc(SCCC(C)C)n1. The van der Waals surface area contributed by atoms with Crippen molar-refractivity contribution in [3.8, 4) is 0 Å². The van der Waals surface area contributed by atoms with Crippen LogP contribution in [-0.2, 0) is 0 Å². The molecule has 5 heteroatoms. The second kappa shape index (κ2) is 5.84. The highest BCUT2D eigenvalue weighted by Crippen LogP contribution is 2.17. The van der Waals surface area contributed by atoms with Gasteiger partial charge in [0.25, 0.3) is 0 Å². The van der Waals surface area contributed by atoms with E-state index in [-0.39, 0.29) is 5.69 Å². The number of nitrogens with zero attached hydrogens (tertiary/aromatic N) is 2. The topological polar surface area (TPSA) is 63.1 Å². The summed E-state index contributed by atoms with van der Waals surface area (Å²) in [5.41, 5.74) is 0.763. The predicted molar refractivity (Wildman–Crippen MR) is 63.9 cm³/mol. The minimum Gasteiger partial charge on any atom is -0.477 e. The van der Waals surface area contributed by atoms with E-state index in [1.54, 1.807) is 6.92 Å². The van der Waals surface area contributed by atoms with Gasteiger partial charge in [-0.1, -0.05) is 25.6 Å². The van der Waals surface area contributed by atoms with E-state index in [2.05, 4.69) is 23.8 Å². The molecular weight excluding hydrogens is 224 g/mol. The van der Waals surface area contributed by atoms with Gasteiger partial charge in [0, 0.05) is 11.4 Å². The summed E-state index contributed by atoms with van der Waals surface area (Å²) in [7, 11) is 0. The number of aromatic nitrogens is 2. The first-order chi connectivity index (χ1) is 7.49. The predicted octanol–water partition coefficient (Wildman–Crippen LogP) is 2.62. The molecule has 0 radical (unpaired) electrons. The highest BCUT2D eigenvalue weighted by atomic mass is 32.2. The molecule has 0 atom stereocenters. The van der Waals surface area contributed by atoms with E-state index in [0.717, 1.165) is 12.2 Å². The van der Waals surface area contributed by atoms with Crippen molar-refractivity contribution in [3.05, 3.63) is 17.5 Å². The van der Waals surface area contributed by atoms with E-state index in [9.17, 15) is 4.79 Å². The fourth-order valence-corrected chi connectivity index (χ4v) is 2.24. The summed E-state index contributed by atoms with van der Waals surface area (Å²) in [5.74, 6) is 0.549. The molecule has 1 rings (SSSR count). The third-order valence-corrected chi connectivity index (χ3v) is 2.86. The van der Waals surface area contributed by atoms with Gasteiger partial charge >= 0.3 is 5.97 Å². The fourth-order valence-electron chi connectivity index (χ4n) is 1.10. The van der Waals surface area contributed by atoms with Gasteiger partial charge in [-0.05, 0) is 25.3 Å². The van der Waals surface area contributed by atoms with Crippen molar-refractivity contribution in [1.82, 2.24) is 9.97 Å². The van der Waals surface area contributed by atoms with E-state index >= 15 is 0 Å². The van der Waals surface area contributed by atoms with Crippen LogP contribution in [0, 0.1) is 12.8 Å². The molecule has 0 saturated heterocycles. The number of aromatic carboxylic acids is 1. The fraction of sp³-hybridized carbons (Fsp3) is 0.545. The van der Waals surface area contributed by atoms with E-state index in [1.807, 2.05) is 0 Å². The van der Waals surface area contributed by atoms with E-state index in [4.69, 9.17) is 5.11 Å². The van der Waals surface area contributed by atoms with Crippen LogP contribution in [0.15, 0.2) is 11.2 Å². The van der Waals surface area contributed by atoms with Crippen molar-refractivity contribution in [2.75, 3.05) is 5.75 Å². The van der Waals surface area contributed by atoms with Gasteiger partial charge in [-0.15, -0.1) is 0 Å². The summed E-state index contributed by atoms with van der Waals surface area (Å²) in [6.07, 6.45) is 1.07. The van der Waals surface area contributed by atoms with E-state index in [1.165, 1.54) is 17.8 Å². The number of hydrogen-bond acceptors (Lipinski definition) is 4. The zero-order valence-electron chi connectivity index (χ0n) is 9.73. The normalized spacial score (nSPS) is 10.8. The Hall–Kier alpha value is -1.10. The molecular formula is C11H16N2O2S. The van der Waals surface area contributed by atoms with Crippen LogP contribution in [0.5, 0.6) is 0 Å². The maximum absolute atomic E-state index is 10.8. The number of carbonyl (C=O) groups is 1. The number of carboxylic acids is 1. The molecule has 4 nitrogen and oxygen atoms in total. The molecule has 1 N–H and O–H groups in total. The second-order valence-corrected chi connectivity index (χ2v) is 5.08. The Morgan fingerprint density at radius 3 is 2.75 bits per heavy atom. The van der Waals surface area contributed by atoms with Crippen LogP contribution in [0.3, 0.4) is 0 Å². The lowest BCUT2D eigenvalue weighted by atomic mass is 10.2. The molecule has 16 heavy (non-hydrogen) atoms. The summed E-state index contributed by atoms with van der Waals surface area (Å²) in [5, 5.41) is 9.40. The number of thioether (sulfide) groups is 1. The average molecular weight is 240 g/mol. The van der Waals surface area contributed by atoms with Gasteiger partial charge < -0.3 is 5.11 Å². The smallest absolute Gasteiger partial charge is 0.354 e. The lowest BCUT2D eigenvalue weighted by Gasteiger charge is -2.04. The first kappa shape index (κ1) is 13.0. The minimum absolute atomic E-state index is 0.0690. The lowest BCUT2D eigenvalue weighted by molar-refractivity contribution is 0.0689. The Bertz CT molecular complexity index is 380. The van der Waals surface area contributed by atoms with Crippen molar-refractivity contribution in [3.63, 3.8) is 0 Å². The monoisotopic (exact) mass is 240 g/mol. The molecule has 0 aliphatic heterocycles. The van der Waals surface area contributed by atoms with Gasteiger partial charge in [-0.3, -0.25) is 0 Å². The van der Waals surface area contributed by atoms with Gasteiger partial charge in [-0.2, -0.15) is 0 Å².